The molecule has 1 heterocycles. The summed E-state index contributed by atoms with van der Waals surface area (Å²) in [6, 6.07) is 6.11. The van der Waals surface area contributed by atoms with Gasteiger partial charge in [-0.3, -0.25) is 0 Å². The van der Waals surface area contributed by atoms with Gasteiger partial charge in [-0.05, 0) is 32.5 Å². The number of halogens is 1. The first-order valence-electron chi connectivity index (χ1n) is 6.95. The van der Waals surface area contributed by atoms with Crippen molar-refractivity contribution in [3.63, 3.8) is 0 Å². The molecule has 106 valence electrons. The third-order valence-corrected chi connectivity index (χ3v) is 4.55. The molecule has 1 aliphatic heterocycles. The molecule has 0 aromatic heterocycles. The van der Waals surface area contributed by atoms with Crippen LogP contribution in [0.2, 0.25) is 0 Å². The Morgan fingerprint density at radius 3 is 2.68 bits per heavy atom. The van der Waals surface area contributed by atoms with Gasteiger partial charge >= 0.3 is 0 Å². The fourth-order valence-electron chi connectivity index (χ4n) is 2.29. The summed E-state index contributed by atoms with van der Waals surface area (Å²) in [5.41, 5.74) is 1.18. The van der Waals surface area contributed by atoms with E-state index in [2.05, 4.69) is 39.7 Å². The topological polar surface area (TPSA) is 15.7 Å². The lowest BCUT2D eigenvalue weighted by Gasteiger charge is -2.32. The van der Waals surface area contributed by atoms with Crippen molar-refractivity contribution in [1.82, 2.24) is 9.80 Å². The summed E-state index contributed by atoms with van der Waals surface area (Å²) in [4.78, 5) is 4.91. The van der Waals surface area contributed by atoms with Crippen LogP contribution in [0.5, 0.6) is 5.75 Å². The van der Waals surface area contributed by atoms with E-state index in [0.29, 0.717) is 0 Å². The van der Waals surface area contributed by atoms with Crippen molar-refractivity contribution in [1.29, 1.82) is 0 Å². The number of piperazine rings is 1. The van der Waals surface area contributed by atoms with Crippen LogP contribution in [-0.2, 0) is 0 Å². The molecular weight excluding hydrogens is 304 g/mol. The van der Waals surface area contributed by atoms with Crippen LogP contribution in [0.25, 0.3) is 0 Å². The van der Waals surface area contributed by atoms with Gasteiger partial charge in [0.1, 0.15) is 5.75 Å². The molecular formula is C15H23BrN2O. The van der Waals surface area contributed by atoms with E-state index in [1.807, 2.05) is 18.2 Å². The highest BCUT2D eigenvalue weighted by Gasteiger charge is 2.12. The molecule has 0 saturated carbocycles. The van der Waals surface area contributed by atoms with Gasteiger partial charge < -0.3 is 14.5 Å². The van der Waals surface area contributed by atoms with Crippen molar-refractivity contribution in [2.75, 3.05) is 46.4 Å². The average Bonchev–Trinajstić information content (AvgIpc) is 2.41. The Kier molecular flexibility index (Phi) is 5.67. The molecule has 1 aromatic rings. The number of hydrogen-bond acceptors (Lipinski definition) is 3. The van der Waals surface area contributed by atoms with E-state index in [1.54, 1.807) is 0 Å². The minimum absolute atomic E-state index is 0.795. The number of benzene rings is 1. The summed E-state index contributed by atoms with van der Waals surface area (Å²) >= 11 is 3.53. The number of hydrogen-bond donors (Lipinski definition) is 0. The normalized spacial score (nSPS) is 17.6. The maximum atomic E-state index is 5.86. The van der Waals surface area contributed by atoms with Crippen molar-refractivity contribution in [3.05, 3.63) is 28.2 Å². The lowest BCUT2D eigenvalue weighted by Crippen LogP contribution is -2.44. The van der Waals surface area contributed by atoms with Gasteiger partial charge in [0.15, 0.2) is 0 Å². The van der Waals surface area contributed by atoms with E-state index in [-0.39, 0.29) is 0 Å². The SMILES string of the molecule is Cc1c(Br)cccc1OCCCN1CCN(C)CC1. The second-order valence-corrected chi connectivity index (χ2v) is 6.06. The largest absolute Gasteiger partial charge is 0.493 e. The van der Waals surface area contributed by atoms with Crippen molar-refractivity contribution in [3.8, 4) is 5.75 Å². The summed E-state index contributed by atoms with van der Waals surface area (Å²) in [6.07, 6.45) is 1.09. The molecule has 4 heteroatoms. The van der Waals surface area contributed by atoms with Crippen LogP contribution in [0.3, 0.4) is 0 Å². The highest BCUT2D eigenvalue weighted by atomic mass is 79.9. The van der Waals surface area contributed by atoms with Crippen molar-refractivity contribution < 1.29 is 4.74 Å². The molecule has 0 atom stereocenters. The quantitative estimate of drug-likeness (QED) is 0.774. The van der Waals surface area contributed by atoms with Gasteiger partial charge in [0.05, 0.1) is 6.61 Å². The van der Waals surface area contributed by atoms with Crippen LogP contribution >= 0.6 is 15.9 Å². The molecule has 1 aromatic carbocycles. The smallest absolute Gasteiger partial charge is 0.123 e. The average molecular weight is 327 g/mol. The van der Waals surface area contributed by atoms with E-state index in [4.69, 9.17) is 4.74 Å². The van der Waals surface area contributed by atoms with Crippen LogP contribution in [0.1, 0.15) is 12.0 Å². The van der Waals surface area contributed by atoms with Crippen LogP contribution in [0, 0.1) is 6.92 Å². The van der Waals surface area contributed by atoms with Gasteiger partial charge in [0, 0.05) is 42.8 Å². The van der Waals surface area contributed by atoms with Crippen LogP contribution < -0.4 is 4.74 Å². The van der Waals surface area contributed by atoms with Crippen LogP contribution in [0.15, 0.2) is 22.7 Å². The van der Waals surface area contributed by atoms with Gasteiger partial charge in [-0.15, -0.1) is 0 Å². The minimum Gasteiger partial charge on any atom is -0.493 e. The molecule has 0 unspecified atom stereocenters. The van der Waals surface area contributed by atoms with Crippen LogP contribution in [0.4, 0.5) is 0 Å². The molecule has 0 bridgehead atoms. The molecule has 0 N–H and O–H groups in total. The summed E-state index contributed by atoms with van der Waals surface area (Å²) in [5, 5.41) is 0. The lowest BCUT2D eigenvalue weighted by atomic mass is 10.2. The fraction of sp³-hybridized carbons (Fsp3) is 0.600. The van der Waals surface area contributed by atoms with Gasteiger partial charge in [0.25, 0.3) is 0 Å². The van der Waals surface area contributed by atoms with E-state index in [0.717, 1.165) is 29.8 Å². The molecule has 19 heavy (non-hydrogen) atoms. The molecule has 2 rings (SSSR count). The van der Waals surface area contributed by atoms with Gasteiger partial charge in [0.2, 0.25) is 0 Å². The Bertz CT molecular complexity index is 403. The fourth-order valence-corrected chi connectivity index (χ4v) is 2.63. The third-order valence-electron chi connectivity index (χ3n) is 3.69. The standard InChI is InChI=1S/C15H23BrN2O/c1-13-14(16)5-3-6-15(13)19-12-4-7-18-10-8-17(2)9-11-18/h3,5-6H,4,7-12H2,1-2H3. The number of nitrogens with zero attached hydrogens (tertiary/aromatic N) is 2. The zero-order valence-corrected chi connectivity index (χ0v) is 13.4. The molecule has 1 fully saturated rings. The molecule has 1 aliphatic rings. The molecule has 0 aliphatic carbocycles. The maximum absolute atomic E-state index is 5.86. The first-order valence-corrected chi connectivity index (χ1v) is 7.75. The van der Waals surface area contributed by atoms with Crippen molar-refractivity contribution >= 4 is 15.9 Å². The second-order valence-electron chi connectivity index (χ2n) is 5.21. The highest BCUT2D eigenvalue weighted by molar-refractivity contribution is 9.10. The van der Waals surface area contributed by atoms with Crippen molar-refractivity contribution in [2.24, 2.45) is 0 Å². The summed E-state index contributed by atoms with van der Waals surface area (Å²) < 4.78 is 6.98. The zero-order valence-electron chi connectivity index (χ0n) is 11.9. The van der Waals surface area contributed by atoms with Gasteiger partial charge in [-0.25, -0.2) is 0 Å². The Hall–Kier alpha value is -0.580. The Morgan fingerprint density at radius 2 is 1.95 bits per heavy atom. The van der Waals surface area contributed by atoms with E-state index < -0.39 is 0 Å². The molecule has 1 saturated heterocycles. The van der Waals surface area contributed by atoms with Gasteiger partial charge in [-0.2, -0.15) is 0 Å². The number of ether oxygens (including phenoxy) is 1. The first kappa shape index (κ1) is 14.8. The summed E-state index contributed by atoms with van der Waals surface area (Å²) in [6.45, 7) is 8.76. The van der Waals surface area contributed by atoms with E-state index in [1.165, 1.54) is 31.7 Å². The molecule has 0 amide bonds. The summed E-state index contributed by atoms with van der Waals surface area (Å²) in [7, 11) is 2.19. The second kappa shape index (κ2) is 7.27. The van der Waals surface area contributed by atoms with Crippen molar-refractivity contribution in [2.45, 2.75) is 13.3 Å². The number of rotatable bonds is 5. The third kappa shape index (κ3) is 4.48. The predicted molar refractivity (Wildman–Crippen MR) is 82.9 cm³/mol. The molecule has 3 nitrogen and oxygen atoms in total. The maximum Gasteiger partial charge on any atom is 0.123 e. The Labute approximate surface area is 124 Å². The zero-order chi connectivity index (χ0) is 13.7. The van der Waals surface area contributed by atoms with Gasteiger partial charge in [-0.1, -0.05) is 22.0 Å². The monoisotopic (exact) mass is 326 g/mol. The first-order chi connectivity index (χ1) is 9.16. The molecule has 0 radical (unpaired) electrons. The lowest BCUT2D eigenvalue weighted by molar-refractivity contribution is 0.145. The minimum atomic E-state index is 0.795. The Balaban J connectivity index is 1.68. The summed E-state index contributed by atoms with van der Waals surface area (Å²) in [5.74, 6) is 0.993. The van der Waals surface area contributed by atoms with Crippen LogP contribution in [-0.4, -0.2) is 56.2 Å². The highest BCUT2D eigenvalue weighted by Crippen LogP contribution is 2.25. The molecule has 0 spiro atoms. The van der Waals surface area contributed by atoms with E-state index >= 15 is 0 Å². The van der Waals surface area contributed by atoms with E-state index in [9.17, 15) is 0 Å². The number of likely N-dealkylation sites (N-methyl/N-ethyl adjacent to an activating group) is 1. The Morgan fingerprint density at radius 1 is 1.21 bits per heavy atom. The predicted octanol–water partition coefficient (Wildman–Crippen LogP) is 2.77.